The van der Waals surface area contributed by atoms with Crippen molar-refractivity contribution in [3.05, 3.63) is 74.7 Å². The van der Waals surface area contributed by atoms with E-state index in [4.69, 9.17) is 0 Å². The Morgan fingerprint density at radius 3 is 2.73 bits per heavy atom. The van der Waals surface area contributed by atoms with Gasteiger partial charge in [0.05, 0.1) is 16.9 Å². The molecule has 0 radical (unpaired) electrons. The van der Waals surface area contributed by atoms with Crippen molar-refractivity contribution in [3.63, 3.8) is 0 Å². The number of nitrogens with zero attached hydrogens (tertiary/aromatic N) is 3. The van der Waals surface area contributed by atoms with Gasteiger partial charge in [-0.1, -0.05) is 30.3 Å². The molecule has 0 amide bonds. The SMILES string of the molecule is Cc1nnc(-c2c[nH]c(=O)[nH]c2=O)cc1N1CCC(c2ccccc2)C1. The van der Waals surface area contributed by atoms with E-state index in [9.17, 15) is 9.59 Å². The van der Waals surface area contributed by atoms with Crippen molar-refractivity contribution in [2.45, 2.75) is 19.3 Å². The van der Waals surface area contributed by atoms with Gasteiger partial charge in [-0.3, -0.25) is 9.78 Å². The lowest BCUT2D eigenvalue weighted by Crippen LogP contribution is -2.24. The molecule has 2 N–H and O–H groups in total. The molecule has 132 valence electrons. The van der Waals surface area contributed by atoms with E-state index in [0.717, 1.165) is 30.9 Å². The maximum Gasteiger partial charge on any atom is 0.325 e. The highest BCUT2D eigenvalue weighted by Gasteiger charge is 2.26. The Kier molecular flexibility index (Phi) is 4.12. The molecule has 7 nitrogen and oxygen atoms in total. The predicted molar refractivity (Wildman–Crippen MR) is 99.5 cm³/mol. The minimum atomic E-state index is -0.538. The molecule has 0 spiro atoms. The van der Waals surface area contributed by atoms with Crippen molar-refractivity contribution in [1.29, 1.82) is 0 Å². The average molecular weight is 349 g/mol. The summed E-state index contributed by atoms with van der Waals surface area (Å²) in [6, 6.07) is 12.4. The smallest absolute Gasteiger partial charge is 0.325 e. The van der Waals surface area contributed by atoms with Crippen LogP contribution in [-0.4, -0.2) is 33.3 Å². The van der Waals surface area contributed by atoms with Gasteiger partial charge in [0.2, 0.25) is 0 Å². The van der Waals surface area contributed by atoms with E-state index < -0.39 is 11.2 Å². The average Bonchev–Trinajstić information content (AvgIpc) is 3.13. The van der Waals surface area contributed by atoms with Crippen LogP contribution >= 0.6 is 0 Å². The molecule has 1 unspecified atom stereocenters. The first-order valence-electron chi connectivity index (χ1n) is 8.58. The van der Waals surface area contributed by atoms with Crippen LogP contribution in [0.15, 0.2) is 52.2 Å². The molecule has 1 fully saturated rings. The molecule has 0 aliphatic carbocycles. The van der Waals surface area contributed by atoms with Crippen molar-refractivity contribution in [1.82, 2.24) is 20.2 Å². The van der Waals surface area contributed by atoms with Crippen LogP contribution in [0.1, 0.15) is 23.6 Å². The standard InChI is InChI=1S/C19H19N5O2/c1-12-17(24-8-7-14(11-24)13-5-3-2-4-6-13)9-16(23-22-12)15-10-20-19(26)21-18(15)25/h2-6,9-10,14H,7-8,11H2,1H3,(H2,20,21,25,26). The molecule has 4 rings (SSSR count). The zero-order chi connectivity index (χ0) is 18.1. The largest absolute Gasteiger partial charge is 0.369 e. The third-order valence-electron chi connectivity index (χ3n) is 4.85. The zero-order valence-electron chi connectivity index (χ0n) is 14.4. The van der Waals surface area contributed by atoms with Gasteiger partial charge in [-0.05, 0) is 25.0 Å². The molecule has 1 aliphatic heterocycles. The topological polar surface area (TPSA) is 94.7 Å². The Bertz CT molecular complexity index is 1040. The van der Waals surface area contributed by atoms with Gasteiger partial charge in [0.15, 0.2) is 0 Å². The van der Waals surface area contributed by atoms with Gasteiger partial charge in [0.25, 0.3) is 5.56 Å². The highest BCUT2D eigenvalue weighted by atomic mass is 16.2. The first kappa shape index (κ1) is 16.3. The molecule has 3 heterocycles. The lowest BCUT2D eigenvalue weighted by Gasteiger charge is -2.20. The fourth-order valence-corrected chi connectivity index (χ4v) is 3.47. The number of aromatic nitrogens is 4. The van der Waals surface area contributed by atoms with Gasteiger partial charge in [-0.25, -0.2) is 4.79 Å². The van der Waals surface area contributed by atoms with Crippen LogP contribution in [0.4, 0.5) is 5.69 Å². The van der Waals surface area contributed by atoms with E-state index in [0.29, 0.717) is 17.2 Å². The quantitative estimate of drug-likeness (QED) is 0.752. The number of hydrogen-bond acceptors (Lipinski definition) is 5. The number of rotatable bonds is 3. The van der Waals surface area contributed by atoms with Gasteiger partial charge in [0.1, 0.15) is 5.69 Å². The van der Waals surface area contributed by atoms with Crippen LogP contribution in [-0.2, 0) is 0 Å². The fourth-order valence-electron chi connectivity index (χ4n) is 3.47. The lowest BCUT2D eigenvalue weighted by atomic mass is 9.99. The summed E-state index contributed by atoms with van der Waals surface area (Å²) in [4.78, 5) is 30.2. The normalized spacial score (nSPS) is 16.8. The molecular weight excluding hydrogens is 330 g/mol. The molecule has 0 bridgehead atoms. The maximum atomic E-state index is 12.0. The van der Waals surface area contributed by atoms with Crippen LogP contribution in [0.5, 0.6) is 0 Å². The van der Waals surface area contributed by atoms with Crippen molar-refractivity contribution in [3.8, 4) is 11.3 Å². The second kappa shape index (κ2) is 6.59. The van der Waals surface area contributed by atoms with E-state index in [2.05, 4.69) is 49.3 Å². The van der Waals surface area contributed by atoms with Crippen LogP contribution in [0, 0.1) is 6.92 Å². The summed E-state index contributed by atoms with van der Waals surface area (Å²) in [5.74, 6) is 0.476. The second-order valence-corrected chi connectivity index (χ2v) is 6.53. The molecule has 1 saturated heterocycles. The van der Waals surface area contributed by atoms with E-state index in [1.807, 2.05) is 19.1 Å². The highest BCUT2D eigenvalue weighted by Crippen LogP contribution is 2.32. The van der Waals surface area contributed by atoms with Crippen molar-refractivity contribution in [2.75, 3.05) is 18.0 Å². The van der Waals surface area contributed by atoms with Crippen molar-refractivity contribution >= 4 is 5.69 Å². The number of nitrogens with one attached hydrogen (secondary N) is 2. The Morgan fingerprint density at radius 2 is 1.96 bits per heavy atom. The monoisotopic (exact) mass is 349 g/mol. The summed E-state index contributed by atoms with van der Waals surface area (Å²) < 4.78 is 0. The van der Waals surface area contributed by atoms with Gasteiger partial charge < -0.3 is 9.88 Å². The van der Waals surface area contributed by atoms with E-state index in [1.165, 1.54) is 11.8 Å². The van der Waals surface area contributed by atoms with Crippen molar-refractivity contribution in [2.24, 2.45) is 0 Å². The Morgan fingerprint density at radius 1 is 1.15 bits per heavy atom. The third-order valence-corrected chi connectivity index (χ3v) is 4.85. The number of benzene rings is 1. The first-order chi connectivity index (χ1) is 12.6. The molecule has 7 heteroatoms. The minimum absolute atomic E-state index is 0.303. The summed E-state index contributed by atoms with van der Waals surface area (Å²) in [7, 11) is 0. The maximum absolute atomic E-state index is 12.0. The molecule has 1 atom stereocenters. The number of aryl methyl sites for hydroxylation is 1. The first-order valence-corrected chi connectivity index (χ1v) is 8.58. The third kappa shape index (κ3) is 3.03. The second-order valence-electron chi connectivity index (χ2n) is 6.53. The number of anilines is 1. The molecule has 3 aromatic rings. The number of aromatic amines is 2. The van der Waals surface area contributed by atoms with Gasteiger partial charge in [-0.15, -0.1) is 5.10 Å². The van der Waals surface area contributed by atoms with Crippen LogP contribution in [0.2, 0.25) is 0 Å². The van der Waals surface area contributed by atoms with E-state index in [1.54, 1.807) is 0 Å². The van der Waals surface area contributed by atoms with Gasteiger partial charge in [-0.2, -0.15) is 5.10 Å². The molecule has 1 aromatic carbocycles. The summed E-state index contributed by atoms with van der Waals surface area (Å²) in [6.07, 6.45) is 2.45. The summed E-state index contributed by atoms with van der Waals surface area (Å²) in [6.45, 7) is 3.74. The summed E-state index contributed by atoms with van der Waals surface area (Å²) in [5.41, 5.74) is 2.88. The van der Waals surface area contributed by atoms with Crippen LogP contribution < -0.4 is 16.1 Å². The van der Waals surface area contributed by atoms with Crippen LogP contribution in [0.3, 0.4) is 0 Å². The number of hydrogen-bond donors (Lipinski definition) is 2. The lowest BCUT2D eigenvalue weighted by molar-refractivity contribution is 0.774. The fraction of sp³-hybridized carbons (Fsp3) is 0.263. The highest BCUT2D eigenvalue weighted by molar-refractivity contribution is 5.64. The Labute approximate surface area is 149 Å². The molecule has 1 aliphatic rings. The molecule has 2 aromatic heterocycles. The Hall–Kier alpha value is -3.22. The predicted octanol–water partition coefficient (Wildman–Crippen LogP) is 1.82. The van der Waals surface area contributed by atoms with E-state index >= 15 is 0 Å². The van der Waals surface area contributed by atoms with Gasteiger partial charge >= 0.3 is 5.69 Å². The molecule has 26 heavy (non-hydrogen) atoms. The van der Waals surface area contributed by atoms with E-state index in [-0.39, 0.29) is 0 Å². The summed E-state index contributed by atoms with van der Waals surface area (Å²) >= 11 is 0. The minimum Gasteiger partial charge on any atom is -0.369 e. The summed E-state index contributed by atoms with van der Waals surface area (Å²) in [5, 5.41) is 8.35. The zero-order valence-corrected chi connectivity index (χ0v) is 14.4. The van der Waals surface area contributed by atoms with Crippen LogP contribution in [0.25, 0.3) is 11.3 Å². The number of H-pyrrole nitrogens is 2. The Balaban J connectivity index is 1.65. The molecule has 0 saturated carbocycles. The molecular formula is C19H19N5O2. The van der Waals surface area contributed by atoms with Crippen molar-refractivity contribution < 1.29 is 0 Å². The van der Waals surface area contributed by atoms with Gasteiger partial charge in [0, 0.05) is 25.2 Å².